The Kier molecular flexibility index (Phi) is 6.55. The molecule has 1 aromatic rings. The molecule has 0 bridgehead atoms. The zero-order valence-electron chi connectivity index (χ0n) is 10.2. The van der Waals surface area contributed by atoms with Gasteiger partial charge in [-0.2, -0.15) is 0 Å². The molecule has 2 atom stereocenters. The molecule has 0 radical (unpaired) electrons. The fraction of sp³-hybridized carbons (Fsp3) is 0.571. The van der Waals surface area contributed by atoms with Crippen LogP contribution in [0.25, 0.3) is 0 Å². The van der Waals surface area contributed by atoms with Crippen LogP contribution in [0.3, 0.4) is 0 Å². The van der Waals surface area contributed by atoms with Crippen LogP contribution in [-0.2, 0) is 0 Å². The van der Waals surface area contributed by atoms with Crippen LogP contribution in [0.1, 0.15) is 33.1 Å². The third-order valence-corrected chi connectivity index (χ3v) is 2.95. The van der Waals surface area contributed by atoms with Gasteiger partial charge in [-0.3, -0.25) is 0 Å². The van der Waals surface area contributed by atoms with Gasteiger partial charge in [0.25, 0.3) is 0 Å². The van der Waals surface area contributed by atoms with Crippen molar-refractivity contribution in [1.82, 2.24) is 0 Å². The summed E-state index contributed by atoms with van der Waals surface area (Å²) in [6, 6.07) is 10.0. The molecule has 0 aliphatic rings. The van der Waals surface area contributed by atoms with Crippen LogP contribution in [0, 0.1) is 5.92 Å². The molecule has 90 valence electrons. The first-order chi connectivity index (χ1) is 7.68. The molecule has 0 aliphatic carbocycles. The lowest BCUT2D eigenvalue weighted by molar-refractivity contribution is 0.293. The van der Waals surface area contributed by atoms with E-state index < -0.39 is 0 Å². The van der Waals surface area contributed by atoms with E-state index in [4.69, 9.17) is 4.74 Å². The molecule has 1 rings (SSSR count). The summed E-state index contributed by atoms with van der Waals surface area (Å²) in [5.41, 5.74) is 0. The first kappa shape index (κ1) is 13.6. The molecule has 2 heteroatoms. The van der Waals surface area contributed by atoms with E-state index in [9.17, 15) is 0 Å². The lowest BCUT2D eigenvalue weighted by Gasteiger charge is -2.13. The number of ether oxygens (including phenoxy) is 1. The third kappa shape index (κ3) is 6.16. The predicted molar refractivity (Wildman–Crippen MR) is 73.3 cm³/mol. The number of rotatable bonds is 7. The average Bonchev–Trinajstić information content (AvgIpc) is 2.25. The molecule has 0 saturated heterocycles. The predicted octanol–water partition coefficient (Wildman–Crippen LogP) is 4.66. The highest BCUT2D eigenvalue weighted by molar-refractivity contribution is 9.09. The van der Waals surface area contributed by atoms with Gasteiger partial charge in [0.05, 0.1) is 6.61 Å². The van der Waals surface area contributed by atoms with Crippen molar-refractivity contribution >= 4 is 15.9 Å². The topological polar surface area (TPSA) is 9.23 Å². The van der Waals surface area contributed by atoms with E-state index in [2.05, 4.69) is 29.8 Å². The van der Waals surface area contributed by atoms with Gasteiger partial charge >= 0.3 is 0 Å². The van der Waals surface area contributed by atoms with Gasteiger partial charge in [0.1, 0.15) is 5.75 Å². The number of alkyl halides is 1. The molecule has 0 aromatic heterocycles. The number of hydrogen-bond acceptors (Lipinski definition) is 1. The summed E-state index contributed by atoms with van der Waals surface area (Å²) in [6.45, 7) is 5.34. The summed E-state index contributed by atoms with van der Waals surface area (Å²) in [5, 5.41) is 0. The maximum Gasteiger partial charge on any atom is 0.119 e. The van der Waals surface area contributed by atoms with Gasteiger partial charge in [-0.05, 0) is 37.3 Å². The lowest BCUT2D eigenvalue weighted by atomic mass is 10.0. The van der Waals surface area contributed by atoms with Crippen molar-refractivity contribution < 1.29 is 4.74 Å². The molecule has 0 fully saturated rings. The van der Waals surface area contributed by atoms with Gasteiger partial charge in [0.15, 0.2) is 0 Å². The van der Waals surface area contributed by atoms with E-state index in [0.29, 0.717) is 4.83 Å². The van der Waals surface area contributed by atoms with Crippen LogP contribution in [0.4, 0.5) is 0 Å². The number of benzene rings is 1. The van der Waals surface area contributed by atoms with Crippen molar-refractivity contribution in [3.63, 3.8) is 0 Å². The molecule has 0 spiro atoms. The summed E-state index contributed by atoms with van der Waals surface area (Å²) < 4.78 is 5.65. The number of halogens is 1. The van der Waals surface area contributed by atoms with E-state index in [1.165, 1.54) is 12.8 Å². The SMILES string of the molecule is CC(Br)CC(C)CCCOc1ccccc1. The second kappa shape index (κ2) is 7.72. The van der Waals surface area contributed by atoms with Gasteiger partial charge in [-0.15, -0.1) is 0 Å². The van der Waals surface area contributed by atoms with Crippen molar-refractivity contribution in [2.24, 2.45) is 5.92 Å². The molecule has 1 aromatic carbocycles. The van der Waals surface area contributed by atoms with Gasteiger partial charge < -0.3 is 4.74 Å². The van der Waals surface area contributed by atoms with Crippen molar-refractivity contribution in [1.29, 1.82) is 0 Å². The molecule has 0 N–H and O–H groups in total. The molecule has 1 nitrogen and oxygen atoms in total. The Morgan fingerprint density at radius 2 is 1.88 bits per heavy atom. The molecular weight excluding hydrogens is 264 g/mol. The largest absolute Gasteiger partial charge is 0.494 e. The molecule has 0 heterocycles. The molecule has 0 saturated carbocycles. The van der Waals surface area contributed by atoms with Crippen molar-refractivity contribution in [3.05, 3.63) is 30.3 Å². The molecule has 0 amide bonds. The number of hydrogen-bond donors (Lipinski definition) is 0. The van der Waals surface area contributed by atoms with Crippen molar-refractivity contribution in [3.8, 4) is 5.75 Å². The van der Waals surface area contributed by atoms with Gasteiger partial charge in [0.2, 0.25) is 0 Å². The van der Waals surface area contributed by atoms with E-state index in [-0.39, 0.29) is 0 Å². The summed E-state index contributed by atoms with van der Waals surface area (Å²) in [4.78, 5) is 0.623. The fourth-order valence-corrected chi connectivity index (χ4v) is 2.45. The van der Waals surface area contributed by atoms with Crippen LogP contribution < -0.4 is 4.74 Å². The van der Waals surface area contributed by atoms with Crippen molar-refractivity contribution in [2.75, 3.05) is 6.61 Å². The van der Waals surface area contributed by atoms with Gasteiger partial charge in [-0.25, -0.2) is 0 Å². The van der Waals surface area contributed by atoms with Crippen LogP contribution in [-0.4, -0.2) is 11.4 Å². The van der Waals surface area contributed by atoms with Crippen LogP contribution in [0.15, 0.2) is 30.3 Å². The first-order valence-electron chi connectivity index (χ1n) is 6.00. The standard InChI is InChI=1S/C14H21BrO/c1-12(11-13(2)15)7-6-10-16-14-8-4-3-5-9-14/h3-5,8-9,12-13H,6-7,10-11H2,1-2H3. The zero-order valence-corrected chi connectivity index (χ0v) is 11.7. The Balaban J connectivity index is 2.08. The minimum Gasteiger partial charge on any atom is -0.494 e. The van der Waals surface area contributed by atoms with Gasteiger partial charge in [0, 0.05) is 4.83 Å². The summed E-state index contributed by atoms with van der Waals surface area (Å²) in [5.74, 6) is 1.75. The first-order valence-corrected chi connectivity index (χ1v) is 6.92. The lowest BCUT2D eigenvalue weighted by Crippen LogP contribution is -2.05. The highest BCUT2D eigenvalue weighted by Crippen LogP contribution is 2.17. The quantitative estimate of drug-likeness (QED) is 0.523. The Bertz CT molecular complexity index is 271. The Morgan fingerprint density at radius 1 is 1.19 bits per heavy atom. The minimum absolute atomic E-state index is 0.623. The second-order valence-corrected chi connectivity index (χ2v) is 5.99. The Hall–Kier alpha value is -0.500. The maximum atomic E-state index is 5.65. The maximum absolute atomic E-state index is 5.65. The van der Waals surface area contributed by atoms with Crippen LogP contribution in [0.2, 0.25) is 0 Å². The fourth-order valence-electron chi connectivity index (χ4n) is 1.81. The van der Waals surface area contributed by atoms with E-state index >= 15 is 0 Å². The van der Waals surface area contributed by atoms with Crippen LogP contribution in [0.5, 0.6) is 5.75 Å². The van der Waals surface area contributed by atoms with E-state index in [1.807, 2.05) is 30.3 Å². The summed E-state index contributed by atoms with van der Waals surface area (Å²) >= 11 is 3.59. The smallest absolute Gasteiger partial charge is 0.119 e. The van der Waals surface area contributed by atoms with E-state index in [1.54, 1.807) is 0 Å². The Morgan fingerprint density at radius 3 is 2.50 bits per heavy atom. The second-order valence-electron chi connectivity index (χ2n) is 4.43. The van der Waals surface area contributed by atoms with E-state index in [0.717, 1.165) is 24.7 Å². The highest BCUT2D eigenvalue weighted by atomic mass is 79.9. The van der Waals surface area contributed by atoms with Crippen LogP contribution >= 0.6 is 15.9 Å². The molecular formula is C14H21BrO. The van der Waals surface area contributed by atoms with Crippen molar-refractivity contribution in [2.45, 2.75) is 37.9 Å². The van der Waals surface area contributed by atoms with Gasteiger partial charge in [-0.1, -0.05) is 48.0 Å². The monoisotopic (exact) mass is 284 g/mol. The zero-order chi connectivity index (χ0) is 11.8. The summed E-state index contributed by atoms with van der Waals surface area (Å²) in [7, 11) is 0. The normalized spacial score (nSPS) is 14.4. The molecule has 2 unspecified atom stereocenters. The Labute approximate surface area is 107 Å². The third-order valence-electron chi connectivity index (χ3n) is 2.58. The minimum atomic E-state index is 0.623. The molecule has 16 heavy (non-hydrogen) atoms. The average molecular weight is 285 g/mol. The number of para-hydroxylation sites is 1. The highest BCUT2D eigenvalue weighted by Gasteiger charge is 2.05. The summed E-state index contributed by atoms with van der Waals surface area (Å²) in [6.07, 6.45) is 3.61. The molecule has 0 aliphatic heterocycles.